The second-order valence-electron chi connectivity index (χ2n) is 9.59. The van der Waals surface area contributed by atoms with Gasteiger partial charge in [0.2, 0.25) is 0 Å². The molecule has 0 unspecified atom stereocenters. The number of rotatable bonds is 10. The molecule has 37 heavy (non-hydrogen) atoms. The van der Waals surface area contributed by atoms with Gasteiger partial charge in [0.1, 0.15) is 11.9 Å². The minimum absolute atomic E-state index is 0.0431. The van der Waals surface area contributed by atoms with E-state index in [1.165, 1.54) is 6.20 Å². The highest BCUT2D eigenvalue weighted by Crippen LogP contribution is 2.41. The van der Waals surface area contributed by atoms with Crippen LogP contribution in [0.4, 0.5) is 23.2 Å². The number of aliphatic hydroxyl groups excluding tert-OH is 1. The lowest BCUT2D eigenvalue weighted by Gasteiger charge is -2.41. The van der Waals surface area contributed by atoms with Gasteiger partial charge in [-0.15, -0.1) is 0 Å². The number of pyridine rings is 1. The van der Waals surface area contributed by atoms with Crippen LogP contribution in [-0.4, -0.2) is 54.9 Å². The number of likely N-dealkylation sites (tertiary alicyclic amines) is 1. The number of hydrogen-bond donors (Lipinski definition) is 2. The number of alkyl halides is 1. The van der Waals surface area contributed by atoms with Crippen LogP contribution in [0.15, 0.2) is 36.5 Å². The Morgan fingerprint density at radius 1 is 1.16 bits per heavy atom. The zero-order valence-electron chi connectivity index (χ0n) is 20.5. The van der Waals surface area contributed by atoms with Crippen molar-refractivity contribution in [2.24, 2.45) is 5.41 Å². The van der Waals surface area contributed by atoms with Crippen molar-refractivity contribution >= 4 is 28.2 Å². The molecule has 1 atom stereocenters. The first-order valence-electron chi connectivity index (χ1n) is 12.2. The highest BCUT2D eigenvalue weighted by molar-refractivity contribution is 6.32. The maximum Gasteiger partial charge on any atom is 0.194 e. The van der Waals surface area contributed by atoms with Crippen molar-refractivity contribution in [2.45, 2.75) is 31.9 Å². The summed E-state index contributed by atoms with van der Waals surface area (Å²) in [6.07, 6.45) is 2.21. The van der Waals surface area contributed by atoms with Gasteiger partial charge in [-0.25, -0.2) is 17.6 Å². The smallest absolute Gasteiger partial charge is 0.194 e. The van der Waals surface area contributed by atoms with E-state index >= 15 is 4.39 Å². The highest BCUT2D eigenvalue weighted by Gasteiger charge is 2.35. The molecule has 1 aliphatic rings. The fourth-order valence-corrected chi connectivity index (χ4v) is 5.21. The molecule has 1 aliphatic heterocycles. The van der Waals surface area contributed by atoms with Gasteiger partial charge < -0.3 is 20.1 Å². The van der Waals surface area contributed by atoms with Crippen LogP contribution in [0.5, 0.6) is 5.75 Å². The van der Waals surface area contributed by atoms with Gasteiger partial charge in [-0.05, 0) is 62.4 Å². The van der Waals surface area contributed by atoms with Gasteiger partial charge >= 0.3 is 0 Å². The Morgan fingerprint density at radius 3 is 2.51 bits per heavy atom. The van der Waals surface area contributed by atoms with Crippen LogP contribution in [0.25, 0.3) is 10.9 Å². The Balaban J connectivity index is 1.32. The molecule has 2 heterocycles. The zero-order valence-corrected chi connectivity index (χ0v) is 21.3. The largest absolute Gasteiger partial charge is 0.497 e. The number of aromatic nitrogens is 1. The van der Waals surface area contributed by atoms with E-state index < -0.39 is 29.0 Å². The Hall–Kier alpha value is -2.62. The molecule has 0 bridgehead atoms. The summed E-state index contributed by atoms with van der Waals surface area (Å²) in [6.45, 7) is 2.37. The molecule has 0 amide bonds. The predicted octanol–water partition coefficient (Wildman–Crippen LogP) is 6.29. The van der Waals surface area contributed by atoms with Crippen molar-refractivity contribution in [3.05, 3.63) is 64.6 Å². The van der Waals surface area contributed by atoms with Gasteiger partial charge in [0, 0.05) is 54.7 Å². The Labute approximate surface area is 218 Å². The second-order valence-corrected chi connectivity index (χ2v) is 10.00. The summed E-state index contributed by atoms with van der Waals surface area (Å²) in [6, 6.07) is 7.11. The summed E-state index contributed by atoms with van der Waals surface area (Å²) in [5.41, 5.74) is 0.792. The van der Waals surface area contributed by atoms with Gasteiger partial charge in [-0.2, -0.15) is 0 Å². The zero-order chi connectivity index (χ0) is 26.6. The summed E-state index contributed by atoms with van der Waals surface area (Å²) >= 11 is 6.36. The van der Waals surface area contributed by atoms with E-state index in [1.807, 2.05) is 0 Å². The third-order valence-corrected chi connectivity index (χ3v) is 7.60. The molecule has 1 fully saturated rings. The minimum Gasteiger partial charge on any atom is -0.497 e. The normalized spacial score (nSPS) is 16.6. The number of fused-ring (bicyclic) bond motifs is 1. The molecule has 0 radical (unpaired) electrons. The monoisotopic (exact) mass is 539 g/mol. The number of halogens is 5. The first kappa shape index (κ1) is 27.4. The average molecular weight is 540 g/mol. The first-order valence-corrected chi connectivity index (χ1v) is 12.6. The standard InChI is InChI=1S/C27H30ClF4N3O2/c1-37-18-2-3-24-19(14-18)25(20(28)15-34-24)21(29)4-5-27(16-36)6-9-35(10-7-27)11-8-33-17-12-22(30)26(32)23(31)13-17/h2-3,12-15,21,33,36H,4-11,16H2,1H3/t21-/m0/s1. The molecule has 200 valence electrons. The lowest BCUT2D eigenvalue weighted by atomic mass is 9.74. The van der Waals surface area contributed by atoms with Crippen molar-refractivity contribution in [2.75, 3.05) is 45.2 Å². The Morgan fingerprint density at radius 2 is 1.86 bits per heavy atom. The van der Waals surface area contributed by atoms with Gasteiger partial charge in [0.05, 0.1) is 17.6 Å². The third kappa shape index (κ3) is 6.27. The predicted molar refractivity (Wildman–Crippen MR) is 136 cm³/mol. The maximum atomic E-state index is 15.6. The van der Waals surface area contributed by atoms with Crippen LogP contribution in [0, 0.1) is 22.9 Å². The number of nitrogens with one attached hydrogen (secondary N) is 1. The van der Waals surface area contributed by atoms with E-state index in [2.05, 4.69) is 15.2 Å². The van der Waals surface area contributed by atoms with E-state index in [1.54, 1.807) is 25.3 Å². The summed E-state index contributed by atoms with van der Waals surface area (Å²) in [5, 5.41) is 14.0. The van der Waals surface area contributed by atoms with Crippen LogP contribution in [0.2, 0.25) is 5.02 Å². The van der Waals surface area contributed by atoms with Crippen LogP contribution in [-0.2, 0) is 0 Å². The Bertz CT molecular complexity index is 1210. The topological polar surface area (TPSA) is 57.6 Å². The molecule has 5 nitrogen and oxygen atoms in total. The number of nitrogens with zero attached hydrogens (tertiary/aromatic N) is 2. The fraction of sp³-hybridized carbons (Fsp3) is 0.444. The van der Waals surface area contributed by atoms with Gasteiger partial charge in [-0.1, -0.05) is 11.6 Å². The van der Waals surface area contributed by atoms with E-state index in [0.29, 0.717) is 67.7 Å². The number of methoxy groups -OCH3 is 1. The molecular weight excluding hydrogens is 510 g/mol. The summed E-state index contributed by atoms with van der Waals surface area (Å²) < 4.78 is 60.7. The van der Waals surface area contributed by atoms with Gasteiger partial charge in [0.25, 0.3) is 0 Å². The molecule has 2 N–H and O–H groups in total. The lowest BCUT2D eigenvalue weighted by molar-refractivity contribution is 0.0315. The van der Waals surface area contributed by atoms with E-state index in [4.69, 9.17) is 16.3 Å². The summed E-state index contributed by atoms with van der Waals surface area (Å²) in [7, 11) is 1.54. The van der Waals surface area contributed by atoms with Crippen LogP contribution in [0.3, 0.4) is 0 Å². The van der Waals surface area contributed by atoms with E-state index in [9.17, 15) is 18.3 Å². The van der Waals surface area contributed by atoms with Crippen molar-refractivity contribution in [3.63, 3.8) is 0 Å². The molecule has 3 aromatic rings. The number of piperidine rings is 1. The number of ether oxygens (including phenoxy) is 1. The van der Waals surface area contributed by atoms with E-state index in [-0.39, 0.29) is 23.7 Å². The van der Waals surface area contributed by atoms with Crippen molar-refractivity contribution < 1.29 is 27.4 Å². The van der Waals surface area contributed by atoms with Crippen LogP contribution < -0.4 is 10.1 Å². The molecule has 2 aromatic carbocycles. The van der Waals surface area contributed by atoms with Crippen LogP contribution in [0.1, 0.15) is 37.4 Å². The first-order chi connectivity index (χ1) is 17.7. The SMILES string of the molecule is COc1ccc2ncc(Cl)c([C@@H](F)CCC3(CO)CCN(CCNc4cc(F)c(F)c(F)c4)CC3)c2c1. The molecule has 0 saturated carbocycles. The highest BCUT2D eigenvalue weighted by atomic mass is 35.5. The molecule has 0 aliphatic carbocycles. The summed E-state index contributed by atoms with van der Waals surface area (Å²) in [5.74, 6) is -3.37. The van der Waals surface area contributed by atoms with Gasteiger partial charge in [0.15, 0.2) is 17.5 Å². The van der Waals surface area contributed by atoms with Crippen LogP contribution >= 0.6 is 11.6 Å². The maximum absolute atomic E-state index is 15.6. The van der Waals surface area contributed by atoms with Crippen molar-refractivity contribution in [1.82, 2.24) is 9.88 Å². The Kier molecular flexibility index (Phi) is 8.77. The number of benzene rings is 2. The van der Waals surface area contributed by atoms with Crippen molar-refractivity contribution in [1.29, 1.82) is 0 Å². The third-order valence-electron chi connectivity index (χ3n) is 7.30. The second kappa shape index (κ2) is 11.8. The van der Waals surface area contributed by atoms with Crippen molar-refractivity contribution in [3.8, 4) is 5.75 Å². The quantitative estimate of drug-likeness (QED) is 0.234. The molecule has 0 spiro atoms. The molecule has 1 aromatic heterocycles. The number of anilines is 1. The number of aliphatic hydroxyl groups is 1. The molecular formula is C27H30ClF4N3O2. The van der Waals surface area contributed by atoms with E-state index in [0.717, 1.165) is 12.1 Å². The minimum atomic E-state index is -1.49. The van der Waals surface area contributed by atoms with Gasteiger partial charge in [-0.3, -0.25) is 4.98 Å². The number of hydrogen-bond acceptors (Lipinski definition) is 5. The summed E-state index contributed by atoms with van der Waals surface area (Å²) in [4.78, 5) is 6.46. The average Bonchev–Trinajstić information content (AvgIpc) is 2.90. The molecule has 4 rings (SSSR count). The fourth-order valence-electron chi connectivity index (χ4n) is 4.94. The molecule has 1 saturated heterocycles. The molecule has 10 heteroatoms. The lowest BCUT2D eigenvalue weighted by Crippen LogP contribution is -2.43.